The van der Waals surface area contributed by atoms with Crippen LogP contribution in [0.1, 0.15) is 34.1 Å². The molecule has 0 aromatic rings. The molecule has 15 heavy (non-hydrogen) atoms. The van der Waals surface area contributed by atoms with E-state index in [1.165, 1.54) is 5.31 Å². The van der Waals surface area contributed by atoms with Gasteiger partial charge in [0.05, 0.1) is 0 Å². The Balaban J connectivity index is 2.82. The van der Waals surface area contributed by atoms with E-state index in [-0.39, 0.29) is 7.92 Å². The number of ether oxygens (including phenoxy) is 1. The zero-order valence-electron chi connectivity index (χ0n) is 10.2. The summed E-state index contributed by atoms with van der Waals surface area (Å²) in [5, 5.41) is 1.67. The first-order valence-corrected chi connectivity index (χ1v) is 6.90. The lowest BCUT2D eigenvalue weighted by molar-refractivity contribution is 0.296. The zero-order chi connectivity index (χ0) is 11.5. The van der Waals surface area contributed by atoms with Gasteiger partial charge in [-0.05, 0) is 26.4 Å². The lowest BCUT2D eigenvalue weighted by atomic mass is 10.3. The molecule has 1 aliphatic rings. The van der Waals surface area contributed by atoms with Crippen LogP contribution in [-0.2, 0) is 4.74 Å². The topological polar surface area (TPSA) is 9.23 Å². The second-order valence-corrected chi connectivity index (χ2v) is 7.63. The molecule has 1 nitrogen and oxygen atoms in total. The van der Waals surface area contributed by atoms with E-state index in [9.17, 15) is 0 Å². The zero-order valence-corrected chi connectivity index (χ0v) is 11.1. The second kappa shape index (κ2) is 4.99. The van der Waals surface area contributed by atoms with E-state index in [0.717, 1.165) is 18.5 Å². The van der Waals surface area contributed by atoms with E-state index in [4.69, 9.17) is 4.74 Å². The Bertz CT molecular complexity index is 294. The SMILES string of the molecule is C=C1OCP(C(C)(C)C)C1=CCC=CC. The van der Waals surface area contributed by atoms with Gasteiger partial charge < -0.3 is 4.74 Å². The third kappa shape index (κ3) is 3.21. The Morgan fingerprint density at radius 3 is 2.67 bits per heavy atom. The molecule has 0 saturated carbocycles. The molecule has 0 spiro atoms. The molecule has 1 saturated heterocycles. The van der Waals surface area contributed by atoms with Gasteiger partial charge in [0, 0.05) is 5.31 Å². The summed E-state index contributed by atoms with van der Waals surface area (Å²) in [6, 6.07) is 0. The summed E-state index contributed by atoms with van der Waals surface area (Å²) >= 11 is 0. The Hall–Kier alpha value is -0.550. The summed E-state index contributed by atoms with van der Waals surface area (Å²) in [6.45, 7) is 12.9. The molecule has 0 N–H and O–H groups in total. The van der Waals surface area contributed by atoms with Gasteiger partial charge >= 0.3 is 0 Å². The van der Waals surface area contributed by atoms with Crippen molar-refractivity contribution in [1.82, 2.24) is 0 Å². The summed E-state index contributed by atoms with van der Waals surface area (Å²) in [5.74, 6) is 0.889. The Morgan fingerprint density at radius 2 is 2.13 bits per heavy atom. The number of allylic oxidation sites excluding steroid dienone is 4. The van der Waals surface area contributed by atoms with Gasteiger partial charge in [-0.3, -0.25) is 0 Å². The van der Waals surface area contributed by atoms with Crippen molar-refractivity contribution in [3.63, 3.8) is 0 Å². The quantitative estimate of drug-likeness (QED) is 0.491. The highest BCUT2D eigenvalue weighted by atomic mass is 31.1. The van der Waals surface area contributed by atoms with Crippen molar-refractivity contribution in [3.8, 4) is 0 Å². The van der Waals surface area contributed by atoms with Crippen LogP contribution in [0.25, 0.3) is 0 Å². The molecule has 1 aliphatic heterocycles. The minimum Gasteiger partial charge on any atom is -0.489 e. The molecule has 0 bridgehead atoms. The molecule has 2 heteroatoms. The van der Waals surface area contributed by atoms with E-state index >= 15 is 0 Å². The fourth-order valence-corrected chi connectivity index (χ4v) is 3.76. The van der Waals surface area contributed by atoms with Crippen LogP contribution in [0.4, 0.5) is 0 Å². The van der Waals surface area contributed by atoms with Gasteiger partial charge in [-0.25, -0.2) is 0 Å². The van der Waals surface area contributed by atoms with Crippen LogP contribution in [0.2, 0.25) is 0 Å². The molecule has 0 amide bonds. The highest BCUT2D eigenvalue weighted by molar-refractivity contribution is 7.64. The molecule has 1 rings (SSSR count). The minimum absolute atomic E-state index is 0.200. The van der Waals surface area contributed by atoms with Gasteiger partial charge in [-0.15, -0.1) is 0 Å². The Morgan fingerprint density at radius 1 is 1.47 bits per heavy atom. The van der Waals surface area contributed by atoms with Crippen molar-refractivity contribution in [1.29, 1.82) is 0 Å². The van der Waals surface area contributed by atoms with Crippen LogP contribution in [0.3, 0.4) is 0 Å². The predicted octanol–water partition coefficient (Wildman–Crippen LogP) is 4.62. The fourth-order valence-electron chi connectivity index (χ4n) is 1.53. The Kier molecular flexibility index (Phi) is 4.16. The molecule has 1 fully saturated rings. The van der Waals surface area contributed by atoms with Crippen LogP contribution < -0.4 is 0 Å². The normalized spacial score (nSPS) is 25.2. The van der Waals surface area contributed by atoms with Crippen molar-refractivity contribution in [3.05, 3.63) is 35.9 Å². The highest BCUT2D eigenvalue weighted by Crippen LogP contribution is 2.62. The summed E-state index contributed by atoms with van der Waals surface area (Å²) in [7, 11) is -0.200. The highest BCUT2D eigenvalue weighted by Gasteiger charge is 2.34. The van der Waals surface area contributed by atoms with Crippen molar-refractivity contribution in [2.24, 2.45) is 0 Å². The summed E-state index contributed by atoms with van der Waals surface area (Å²) in [6.07, 6.45) is 8.35. The molecule has 0 aromatic heterocycles. The van der Waals surface area contributed by atoms with E-state index in [1.54, 1.807) is 0 Å². The van der Waals surface area contributed by atoms with E-state index in [1.807, 2.05) is 6.92 Å². The first-order chi connectivity index (χ1) is 6.96. The maximum Gasteiger partial charge on any atom is 0.120 e. The second-order valence-electron chi connectivity index (χ2n) is 4.69. The average molecular weight is 224 g/mol. The smallest absolute Gasteiger partial charge is 0.120 e. The first kappa shape index (κ1) is 12.5. The number of rotatable bonds is 2. The van der Waals surface area contributed by atoms with Crippen molar-refractivity contribution >= 4 is 7.92 Å². The summed E-state index contributed by atoms with van der Waals surface area (Å²) < 4.78 is 5.58. The lowest BCUT2D eigenvalue weighted by Gasteiger charge is -2.26. The van der Waals surface area contributed by atoms with Crippen LogP contribution in [0, 0.1) is 0 Å². The molecular weight excluding hydrogens is 203 g/mol. The molecule has 1 unspecified atom stereocenters. The van der Waals surface area contributed by atoms with E-state index in [2.05, 4.69) is 45.6 Å². The molecule has 1 atom stereocenters. The maximum absolute atomic E-state index is 5.58. The van der Waals surface area contributed by atoms with Gasteiger partial charge in [0.2, 0.25) is 0 Å². The molecular formula is C13H21OP. The van der Waals surface area contributed by atoms with Gasteiger partial charge in [0.15, 0.2) is 0 Å². The molecule has 0 radical (unpaired) electrons. The molecule has 0 aliphatic carbocycles. The Labute approximate surface area is 94.7 Å². The summed E-state index contributed by atoms with van der Waals surface area (Å²) in [5.41, 5.74) is 0. The fraction of sp³-hybridized carbons (Fsp3) is 0.538. The van der Waals surface area contributed by atoms with Gasteiger partial charge in [0.25, 0.3) is 0 Å². The van der Waals surface area contributed by atoms with Gasteiger partial charge in [0.1, 0.15) is 12.1 Å². The monoisotopic (exact) mass is 224 g/mol. The van der Waals surface area contributed by atoms with Crippen molar-refractivity contribution in [2.45, 2.75) is 39.3 Å². The first-order valence-electron chi connectivity index (χ1n) is 5.38. The van der Waals surface area contributed by atoms with Crippen LogP contribution >= 0.6 is 7.92 Å². The van der Waals surface area contributed by atoms with E-state index < -0.39 is 0 Å². The minimum atomic E-state index is -0.200. The van der Waals surface area contributed by atoms with Crippen LogP contribution in [0.5, 0.6) is 0 Å². The van der Waals surface area contributed by atoms with Gasteiger partial charge in [-0.2, -0.15) is 0 Å². The summed E-state index contributed by atoms with van der Waals surface area (Å²) in [4.78, 5) is 0. The maximum atomic E-state index is 5.58. The van der Waals surface area contributed by atoms with Crippen LogP contribution in [-0.4, -0.2) is 11.5 Å². The third-order valence-corrected chi connectivity index (χ3v) is 5.46. The number of hydrogen-bond acceptors (Lipinski definition) is 1. The molecule has 1 heterocycles. The standard InChI is InChI=1S/C13H21OP/c1-6-7-8-9-12-11(2)14-10-15(12)13(3,4)5/h6-7,9H,2,8,10H2,1,3-5H3. The van der Waals surface area contributed by atoms with Crippen molar-refractivity contribution < 1.29 is 4.74 Å². The molecule has 84 valence electrons. The number of hydrogen-bond donors (Lipinski definition) is 0. The van der Waals surface area contributed by atoms with Crippen molar-refractivity contribution in [2.75, 3.05) is 6.35 Å². The average Bonchev–Trinajstić information content (AvgIpc) is 2.48. The lowest BCUT2D eigenvalue weighted by Crippen LogP contribution is -2.11. The van der Waals surface area contributed by atoms with Gasteiger partial charge in [-0.1, -0.05) is 45.6 Å². The molecule has 0 aromatic carbocycles. The van der Waals surface area contributed by atoms with Crippen LogP contribution in [0.15, 0.2) is 35.9 Å². The largest absolute Gasteiger partial charge is 0.489 e. The predicted molar refractivity (Wildman–Crippen MR) is 69.3 cm³/mol. The third-order valence-electron chi connectivity index (χ3n) is 2.44. The van der Waals surface area contributed by atoms with E-state index in [0.29, 0.717) is 5.16 Å².